The Hall–Kier alpha value is -3.74. The van der Waals surface area contributed by atoms with Crippen LogP contribution in [0.1, 0.15) is 37.7 Å². The summed E-state index contributed by atoms with van der Waals surface area (Å²) in [6.07, 6.45) is 1.47. The third-order valence-corrected chi connectivity index (χ3v) is 12.4. The summed E-state index contributed by atoms with van der Waals surface area (Å²) in [4.78, 5) is 0. The molecule has 4 aromatic carbocycles. The number of halogens is 1. The van der Waals surface area contributed by atoms with Gasteiger partial charge in [0, 0.05) is 12.7 Å². The number of fused-ring (bicyclic) bond motifs is 1. The Bertz CT molecular complexity index is 1540. The third-order valence-electron chi connectivity index (χ3n) is 7.49. The fraction of sp³-hybridized carbons (Fsp3) is 0.242. The van der Waals surface area contributed by atoms with E-state index in [9.17, 15) is 5.11 Å². The van der Waals surface area contributed by atoms with Crippen LogP contribution >= 0.6 is 0 Å². The third kappa shape index (κ3) is 5.14. The Labute approximate surface area is 230 Å². The molecule has 1 N–H and O–H groups in total. The maximum Gasteiger partial charge on any atom is 0.319 e. The van der Waals surface area contributed by atoms with Gasteiger partial charge in [-0.1, -0.05) is 99.6 Å². The SMILES string of the molecule is Cn1nc(CO)cc1CCc1cc(O[Si](c2ccccc2)(c2ccccc2)C(C)(C)C)c2c(F)cccc2c1. The van der Waals surface area contributed by atoms with Crippen molar-refractivity contribution in [3.63, 3.8) is 0 Å². The molecule has 0 fully saturated rings. The van der Waals surface area contributed by atoms with Gasteiger partial charge in [-0.25, -0.2) is 4.39 Å². The van der Waals surface area contributed by atoms with Crippen LogP contribution in [-0.2, 0) is 26.5 Å². The van der Waals surface area contributed by atoms with Gasteiger partial charge in [0.15, 0.2) is 0 Å². The van der Waals surface area contributed by atoms with Crippen molar-refractivity contribution < 1.29 is 13.9 Å². The highest BCUT2D eigenvalue weighted by Crippen LogP contribution is 2.40. The molecule has 200 valence electrons. The molecule has 5 aromatic rings. The average molecular weight is 539 g/mol. The van der Waals surface area contributed by atoms with Gasteiger partial charge >= 0.3 is 8.32 Å². The zero-order valence-corrected chi connectivity index (χ0v) is 24.0. The van der Waals surface area contributed by atoms with Gasteiger partial charge in [-0.05, 0) is 57.4 Å². The predicted molar refractivity (Wildman–Crippen MR) is 159 cm³/mol. The second-order valence-electron chi connectivity index (χ2n) is 11.1. The Morgan fingerprint density at radius 2 is 1.49 bits per heavy atom. The molecule has 4 nitrogen and oxygen atoms in total. The van der Waals surface area contributed by atoms with Gasteiger partial charge in [-0.15, -0.1) is 0 Å². The van der Waals surface area contributed by atoms with Crippen molar-refractivity contribution >= 4 is 29.5 Å². The van der Waals surface area contributed by atoms with Gasteiger partial charge in [0.25, 0.3) is 0 Å². The molecule has 6 heteroatoms. The summed E-state index contributed by atoms with van der Waals surface area (Å²) in [7, 11) is -1.07. The molecule has 0 amide bonds. The minimum absolute atomic E-state index is 0.0838. The van der Waals surface area contributed by atoms with Crippen LogP contribution in [0, 0.1) is 5.82 Å². The van der Waals surface area contributed by atoms with Crippen molar-refractivity contribution in [2.45, 2.75) is 45.3 Å². The van der Waals surface area contributed by atoms with Gasteiger partial charge in [0.2, 0.25) is 0 Å². The van der Waals surface area contributed by atoms with Crippen molar-refractivity contribution in [3.05, 3.63) is 120 Å². The first-order valence-corrected chi connectivity index (χ1v) is 15.3. The first-order chi connectivity index (χ1) is 18.7. The predicted octanol–water partition coefficient (Wildman–Crippen LogP) is 5.93. The number of hydrogen-bond acceptors (Lipinski definition) is 3. The van der Waals surface area contributed by atoms with E-state index in [0.717, 1.165) is 39.9 Å². The normalized spacial score (nSPS) is 12.2. The van der Waals surface area contributed by atoms with Crippen LogP contribution in [0.25, 0.3) is 10.8 Å². The van der Waals surface area contributed by atoms with Crippen LogP contribution < -0.4 is 14.8 Å². The molecule has 0 unspecified atom stereocenters. The lowest BCUT2D eigenvalue weighted by Crippen LogP contribution is -2.68. The minimum atomic E-state index is -2.96. The Kier molecular flexibility index (Phi) is 7.43. The van der Waals surface area contributed by atoms with Gasteiger partial charge in [-0.2, -0.15) is 5.10 Å². The lowest BCUT2D eigenvalue weighted by Gasteiger charge is -2.43. The summed E-state index contributed by atoms with van der Waals surface area (Å²) in [5.74, 6) is 0.294. The molecule has 0 aliphatic carbocycles. The highest BCUT2D eigenvalue weighted by molar-refractivity contribution is 7.00. The van der Waals surface area contributed by atoms with Gasteiger partial charge in [0.1, 0.15) is 11.6 Å². The largest absolute Gasteiger partial charge is 0.533 e. The smallest absolute Gasteiger partial charge is 0.319 e. The first-order valence-electron chi connectivity index (χ1n) is 13.4. The first kappa shape index (κ1) is 26.8. The number of aryl methyl sites for hydroxylation is 3. The molecule has 5 rings (SSSR count). The highest BCUT2D eigenvalue weighted by Gasteiger charge is 2.52. The molecule has 0 aliphatic heterocycles. The lowest BCUT2D eigenvalue weighted by molar-refractivity contribution is 0.275. The molecule has 1 aromatic heterocycles. The van der Waals surface area contributed by atoms with Crippen LogP contribution in [0.15, 0.2) is 97.1 Å². The van der Waals surface area contributed by atoms with Crippen molar-refractivity contribution in [3.8, 4) is 5.75 Å². The van der Waals surface area contributed by atoms with E-state index < -0.39 is 8.32 Å². The van der Waals surface area contributed by atoms with E-state index in [-0.39, 0.29) is 17.5 Å². The second kappa shape index (κ2) is 10.8. The molecular weight excluding hydrogens is 503 g/mol. The highest BCUT2D eigenvalue weighted by atomic mass is 28.4. The summed E-state index contributed by atoms with van der Waals surface area (Å²) >= 11 is 0. The quantitative estimate of drug-likeness (QED) is 0.249. The molecule has 0 radical (unpaired) electrons. The summed E-state index contributed by atoms with van der Waals surface area (Å²) in [6.45, 7) is 6.59. The lowest BCUT2D eigenvalue weighted by atomic mass is 10.0. The van der Waals surface area contributed by atoms with Crippen molar-refractivity contribution in [2.75, 3.05) is 0 Å². The van der Waals surface area contributed by atoms with E-state index in [4.69, 9.17) is 4.43 Å². The standard InChI is InChI=1S/C33H35FN2O2Si/c1-33(2,3)39(28-13-7-5-8-14-28,29-15-9-6-10-16-29)38-31-21-24(20-25-12-11-17-30(34)32(25)31)18-19-27-22-26(23-37)35-36(27)4/h5-17,20-22,37H,18-19,23H2,1-4H3. The van der Waals surface area contributed by atoms with Crippen molar-refractivity contribution in [2.24, 2.45) is 7.05 Å². The fourth-order valence-electron chi connectivity index (χ4n) is 5.60. The number of aliphatic hydroxyl groups excluding tert-OH is 1. The van der Waals surface area contributed by atoms with Crippen LogP contribution in [0.2, 0.25) is 5.04 Å². The molecule has 0 saturated carbocycles. The van der Waals surface area contributed by atoms with E-state index in [0.29, 0.717) is 16.8 Å². The average Bonchev–Trinajstić information content (AvgIpc) is 3.30. The fourth-order valence-corrected chi connectivity index (χ4v) is 10.0. The van der Waals surface area contributed by atoms with Crippen molar-refractivity contribution in [1.82, 2.24) is 9.78 Å². The topological polar surface area (TPSA) is 47.3 Å². The number of nitrogens with zero attached hydrogens (tertiary/aromatic N) is 2. The Morgan fingerprint density at radius 1 is 0.846 bits per heavy atom. The van der Waals surface area contributed by atoms with E-state index in [2.05, 4.69) is 80.5 Å². The van der Waals surface area contributed by atoms with E-state index in [1.165, 1.54) is 6.07 Å². The Morgan fingerprint density at radius 3 is 2.05 bits per heavy atom. The second-order valence-corrected chi connectivity index (χ2v) is 15.3. The molecule has 0 aliphatic rings. The van der Waals surface area contributed by atoms with Gasteiger partial charge < -0.3 is 9.53 Å². The molecule has 0 saturated heterocycles. The molecule has 39 heavy (non-hydrogen) atoms. The van der Waals surface area contributed by atoms with Crippen LogP contribution in [-0.4, -0.2) is 23.2 Å². The zero-order valence-electron chi connectivity index (χ0n) is 23.0. The van der Waals surface area contributed by atoms with Gasteiger partial charge in [-0.3, -0.25) is 4.68 Å². The van der Waals surface area contributed by atoms with E-state index in [1.54, 1.807) is 6.07 Å². The molecule has 0 bridgehead atoms. The molecular formula is C33H35FN2O2Si. The van der Waals surface area contributed by atoms with Crippen LogP contribution in [0.5, 0.6) is 5.75 Å². The monoisotopic (exact) mass is 538 g/mol. The van der Waals surface area contributed by atoms with E-state index in [1.807, 2.05) is 42.1 Å². The molecule has 0 spiro atoms. The Balaban J connectivity index is 1.67. The summed E-state index contributed by atoms with van der Waals surface area (Å²) in [6, 6.07) is 32.1. The number of aliphatic hydroxyl groups is 1. The van der Waals surface area contributed by atoms with Crippen LogP contribution in [0.3, 0.4) is 0 Å². The number of rotatable bonds is 8. The van der Waals surface area contributed by atoms with Gasteiger partial charge in [0.05, 0.1) is 17.7 Å². The number of aromatic nitrogens is 2. The number of benzene rings is 4. The zero-order chi connectivity index (χ0) is 27.6. The van der Waals surface area contributed by atoms with Crippen molar-refractivity contribution in [1.29, 1.82) is 0 Å². The molecule has 0 atom stereocenters. The maximum absolute atomic E-state index is 15.5. The summed E-state index contributed by atoms with van der Waals surface area (Å²) in [5, 5.41) is 17.2. The van der Waals surface area contributed by atoms with Crippen LogP contribution in [0.4, 0.5) is 4.39 Å². The molecule has 1 heterocycles. The van der Waals surface area contributed by atoms with E-state index >= 15 is 4.39 Å². The summed E-state index contributed by atoms with van der Waals surface area (Å²) in [5.41, 5.74) is 2.75. The number of hydrogen-bond donors (Lipinski definition) is 1. The minimum Gasteiger partial charge on any atom is -0.533 e. The summed E-state index contributed by atoms with van der Waals surface area (Å²) < 4.78 is 24.6. The maximum atomic E-state index is 15.5.